The lowest BCUT2D eigenvalue weighted by molar-refractivity contribution is -0.116. The van der Waals surface area contributed by atoms with Crippen LogP contribution >= 0.6 is 0 Å². The van der Waals surface area contributed by atoms with Crippen LogP contribution in [0.5, 0.6) is 0 Å². The van der Waals surface area contributed by atoms with Crippen LogP contribution in [-0.4, -0.2) is 35.7 Å². The van der Waals surface area contributed by atoms with E-state index in [-0.39, 0.29) is 12.5 Å². The Hall–Kier alpha value is -2.77. The van der Waals surface area contributed by atoms with Crippen molar-refractivity contribution in [2.24, 2.45) is 7.05 Å². The van der Waals surface area contributed by atoms with Gasteiger partial charge < -0.3 is 4.57 Å². The first-order chi connectivity index (χ1) is 12.2. The Morgan fingerprint density at radius 3 is 2.80 bits per heavy atom. The van der Waals surface area contributed by atoms with E-state index in [4.69, 9.17) is 4.98 Å². The lowest BCUT2D eigenvalue weighted by Gasteiger charge is -2.22. The highest BCUT2D eigenvalue weighted by atomic mass is 16.2. The molecule has 1 amide bonds. The number of fused-ring (bicyclic) bond motifs is 1. The molecule has 1 saturated carbocycles. The number of carbonyl (C=O) groups excluding carboxylic acids is 1. The topological polar surface area (TPSA) is 90.5 Å². The summed E-state index contributed by atoms with van der Waals surface area (Å²) >= 11 is 0. The van der Waals surface area contributed by atoms with Crippen LogP contribution in [0.4, 0.5) is 5.95 Å². The monoisotopic (exact) mass is 339 g/mol. The van der Waals surface area contributed by atoms with E-state index in [0.717, 1.165) is 29.7 Å². The molecule has 130 valence electrons. The fourth-order valence-corrected chi connectivity index (χ4v) is 3.58. The maximum atomic E-state index is 12.5. The molecule has 0 unspecified atom stereocenters. The van der Waals surface area contributed by atoms with Gasteiger partial charge in [-0.05, 0) is 35.4 Å². The van der Waals surface area contributed by atoms with Crippen LogP contribution in [0.1, 0.15) is 43.8 Å². The summed E-state index contributed by atoms with van der Waals surface area (Å²) in [5.41, 5.74) is 1.94. The summed E-state index contributed by atoms with van der Waals surface area (Å²) in [6.45, 7) is 0.208. The average Bonchev–Trinajstić information content (AvgIpc) is 3.20. The number of hydrogen-bond acceptors (Lipinski definition) is 5. The molecule has 1 aromatic carbocycles. The molecule has 1 aliphatic carbocycles. The van der Waals surface area contributed by atoms with Crippen LogP contribution in [0.15, 0.2) is 24.3 Å². The number of aromatic nitrogens is 6. The van der Waals surface area contributed by atoms with Crippen LogP contribution in [-0.2, 0) is 18.4 Å². The Kier molecular flexibility index (Phi) is 4.17. The molecule has 0 aliphatic heterocycles. The molecule has 0 spiro atoms. The van der Waals surface area contributed by atoms with E-state index in [1.807, 2.05) is 28.8 Å². The Balaban J connectivity index is 1.64. The maximum Gasteiger partial charge on any atom is 0.249 e. The molecule has 1 aliphatic rings. The summed E-state index contributed by atoms with van der Waals surface area (Å²) in [5.74, 6) is 1.63. The number of amides is 1. The van der Waals surface area contributed by atoms with Crippen LogP contribution in [0.2, 0.25) is 0 Å². The van der Waals surface area contributed by atoms with Crippen molar-refractivity contribution in [3.8, 4) is 0 Å². The summed E-state index contributed by atoms with van der Waals surface area (Å²) in [6.07, 6.45) is 6.02. The van der Waals surface area contributed by atoms with Crippen molar-refractivity contribution in [3.05, 3.63) is 30.1 Å². The molecule has 1 fully saturated rings. The summed E-state index contributed by atoms with van der Waals surface area (Å²) in [5, 5.41) is 13.8. The number of aryl methyl sites for hydroxylation is 1. The highest BCUT2D eigenvalue weighted by molar-refractivity contribution is 5.90. The number of carbonyl (C=O) groups is 1. The molecular weight excluding hydrogens is 318 g/mol. The minimum Gasteiger partial charge on any atom is -0.318 e. The average molecular weight is 339 g/mol. The second kappa shape index (κ2) is 6.62. The molecule has 2 heterocycles. The Morgan fingerprint density at radius 1 is 1.24 bits per heavy atom. The van der Waals surface area contributed by atoms with Crippen molar-refractivity contribution in [2.75, 3.05) is 5.32 Å². The molecule has 0 bridgehead atoms. The van der Waals surface area contributed by atoms with E-state index < -0.39 is 0 Å². The standard InChI is InChI=1S/C17H21N7O/c1-23-17(20-21-22-23)19-15(25)11-24-14-10-6-5-9-13(14)18-16(24)12-7-3-2-4-8-12/h5-6,9-10,12H,2-4,7-8,11H2,1H3,(H,19,20,22,25). The normalized spacial score (nSPS) is 15.6. The van der Waals surface area contributed by atoms with Crippen molar-refractivity contribution < 1.29 is 4.79 Å². The molecule has 0 radical (unpaired) electrons. The minimum absolute atomic E-state index is 0.155. The second-order valence-corrected chi connectivity index (χ2v) is 6.55. The molecule has 0 saturated heterocycles. The van der Waals surface area contributed by atoms with Gasteiger partial charge in [0.2, 0.25) is 11.9 Å². The van der Waals surface area contributed by atoms with Gasteiger partial charge in [-0.1, -0.05) is 36.5 Å². The third-order valence-electron chi connectivity index (χ3n) is 4.83. The first-order valence-electron chi connectivity index (χ1n) is 8.70. The van der Waals surface area contributed by atoms with Gasteiger partial charge in [0.1, 0.15) is 12.4 Å². The molecule has 1 N–H and O–H groups in total. The van der Waals surface area contributed by atoms with E-state index in [9.17, 15) is 4.79 Å². The first kappa shape index (κ1) is 15.7. The second-order valence-electron chi connectivity index (χ2n) is 6.55. The summed E-state index contributed by atoms with van der Waals surface area (Å²) in [7, 11) is 1.69. The number of nitrogens with zero attached hydrogens (tertiary/aromatic N) is 6. The van der Waals surface area contributed by atoms with Crippen molar-refractivity contribution in [3.63, 3.8) is 0 Å². The Labute approximate surface area is 145 Å². The summed E-state index contributed by atoms with van der Waals surface area (Å²) in [6, 6.07) is 7.99. The minimum atomic E-state index is -0.155. The van der Waals surface area contributed by atoms with E-state index >= 15 is 0 Å². The van der Waals surface area contributed by atoms with Crippen molar-refractivity contribution >= 4 is 22.9 Å². The zero-order valence-electron chi connectivity index (χ0n) is 14.2. The SMILES string of the molecule is Cn1nnnc1NC(=O)Cn1c(C2CCCCC2)nc2ccccc21. The van der Waals surface area contributed by atoms with Crippen LogP contribution in [0.3, 0.4) is 0 Å². The molecule has 4 rings (SSSR count). The summed E-state index contributed by atoms with van der Waals surface area (Å²) < 4.78 is 3.48. The first-order valence-corrected chi connectivity index (χ1v) is 8.70. The van der Waals surface area contributed by atoms with Gasteiger partial charge in [0, 0.05) is 13.0 Å². The lowest BCUT2D eigenvalue weighted by Crippen LogP contribution is -2.23. The van der Waals surface area contributed by atoms with Crippen molar-refractivity contribution in [1.29, 1.82) is 0 Å². The highest BCUT2D eigenvalue weighted by Gasteiger charge is 2.23. The number of para-hydroxylation sites is 2. The smallest absolute Gasteiger partial charge is 0.249 e. The van der Waals surface area contributed by atoms with Gasteiger partial charge in [0.05, 0.1) is 11.0 Å². The van der Waals surface area contributed by atoms with Crippen molar-refractivity contribution in [1.82, 2.24) is 29.8 Å². The predicted octanol–water partition coefficient (Wildman–Crippen LogP) is 2.25. The zero-order valence-corrected chi connectivity index (χ0v) is 14.2. The van der Waals surface area contributed by atoms with E-state index in [1.165, 1.54) is 23.9 Å². The van der Waals surface area contributed by atoms with Gasteiger partial charge in [-0.2, -0.15) is 0 Å². The van der Waals surface area contributed by atoms with Crippen LogP contribution in [0.25, 0.3) is 11.0 Å². The van der Waals surface area contributed by atoms with E-state index in [1.54, 1.807) is 7.05 Å². The Bertz CT molecular complexity index is 891. The third-order valence-corrected chi connectivity index (χ3v) is 4.83. The number of benzene rings is 1. The molecular formula is C17H21N7O. The molecule has 2 aromatic heterocycles. The van der Waals surface area contributed by atoms with Crippen LogP contribution < -0.4 is 5.32 Å². The number of rotatable bonds is 4. The van der Waals surface area contributed by atoms with Crippen molar-refractivity contribution in [2.45, 2.75) is 44.6 Å². The Morgan fingerprint density at radius 2 is 2.04 bits per heavy atom. The molecule has 3 aromatic rings. The third kappa shape index (κ3) is 3.11. The quantitative estimate of drug-likeness (QED) is 0.787. The maximum absolute atomic E-state index is 12.5. The molecule has 25 heavy (non-hydrogen) atoms. The van der Waals surface area contributed by atoms with Gasteiger partial charge in [0.15, 0.2) is 0 Å². The number of hydrogen-bond donors (Lipinski definition) is 1. The van der Waals surface area contributed by atoms with Gasteiger partial charge in [-0.3, -0.25) is 10.1 Å². The molecule has 8 nitrogen and oxygen atoms in total. The largest absolute Gasteiger partial charge is 0.318 e. The summed E-state index contributed by atoms with van der Waals surface area (Å²) in [4.78, 5) is 17.4. The van der Waals surface area contributed by atoms with Gasteiger partial charge >= 0.3 is 0 Å². The molecule has 0 atom stereocenters. The number of tetrazole rings is 1. The fourth-order valence-electron chi connectivity index (χ4n) is 3.58. The number of anilines is 1. The van der Waals surface area contributed by atoms with Gasteiger partial charge in [-0.25, -0.2) is 9.67 Å². The highest BCUT2D eigenvalue weighted by Crippen LogP contribution is 2.33. The van der Waals surface area contributed by atoms with E-state index in [0.29, 0.717) is 11.9 Å². The predicted molar refractivity (Wildman–Crippen MR) is 93.0 cm³/mol. The van der Waals surface area contributed by atoms with E-state index in [2.05, 4.69) is 20.8 Å². The number of nitrogens with one attached hydrogen (secondary N) is 1. The lowest BCUT2D eigenvalue weighted by atomic mass is 9.88. The fraction of sp³-hybridized carbons (Fsp3) is 0.471. The van der Waals surface area contributed by atoms with Crippen LogP contribution in [0, 0.1) is 0 Å². The zero-order chi connectivity index (χ0) is 17.2. The van der Waals surface area contributed by atoms with Gasteiger partial charge in [-0.15, -0.1) is 0 Å². The number of imidazole rings is 1. The molecule has 8 heteroatoms. The van der Waals surface area contributed by atoms with Gasteiger partial charge in [0.25, 0.3) is 0 Å².